The molecule has 0 aliphatic rings. The number of furan rings is 1. The van der Waals surface area contributed by atoms with Gasteiger partial charge in [0, 0.05) is 16.8 Å². The Morgan fingerprint density at radius 2 is 1.89 bits per heavy atom. The molecule has 0 N–H and O–H groups in total. The predicted octanol–water partition coefficient (Wildman–Crippen LogP) is 6.20. The molecule has 4 rings (SSSR count). The Kier molecular flexibility index (Phi) is 3.96. The number of rotatable bonds is 2. The van der Waals surface area contributed by atoms with Gasteiger partial charge < -0.3 is 4.42 Å². The van der Waals surface area contributed by atoms with Crippen LogP contribution in [0.25, 0.3) is 38.0 Å². The normalized spacial score (nSPS) is 11.4. The second-order valence-electron chi connectivity index (χ2n) is 7.26. The van der Waals surface area contributed by atoms with Crippen LogP contribution in [0.4, 0.5) is 10.1 Å². The molecule has 0 aliphatic carbocycles. The summed E-state index contributed by atoms with van der Waals surface area (Å²) in [5.74, 6) is -0.0960. The van der Waals surface area contributed by atoms with Crippen LogP contribution in [0.3, 0.4) is 0 Å². The molecule has 0 radical (unpaired) electrons. The number of aromatic nitrogens is 1. The molecular weight excluding hydrogens is 339 g/mol. The summed E-state index contributed by atoms with van der Waals surface area (Å²) < 4.78 is 22.8. The van der Waals surface area contributed by atoms with E-state index in [0.29, 0.717) is 11.3 Å². The van der Waals surface area contributed by atoms with Gasteiger partial charge >= 0.3 is 0 Å². The minimum Gasteiger partial charge on any atom is -0.455 e. The van der Waals surface area contributed by atoms with E-state index < -0.39 is 0 Å². The average molecular weight is 359 g/mol. The summed E-state index contributed by atoms with van der Waals surface area (Å²) in [4.78, 5) is 3.51. The number of aryl methyl sites for hydroxylation is 2. The van der Waals surface area contributed by atoms with E-state index in [-0.39, 0.29) is 11.7 Å². The molecule has 0 fully saturated rings. The number of halogens is 1. The molecule has 2 heterocycles. The van der Waals surface area contributed by atoms with Crippen LogP contribution in [0.1, 0.15) is 30.9 Å². The van der Waals surface area contributed by atoms with Gasteiger partial charge in [-0.1, -0.05) is 32.0 Å². The molecule has 0 spiro atoms. The minimum absolute atomic E-state index is 0.111. The van der Waals surface area contributed by atoms with Crippen LogP contribution in [-0.4, -0.2) is 0 Å². The number of nitrogens with zero attached hydrogens (tertiary/aromatic N) is 2. The van der Waals surface area contributed by atoms with Crippen molar-refractivity contribution in [2.45, 2.75) is 26.7 Å². The van der Waals surface area contributed by atoms with Crippen LogP contribution in [-0.2, 0) is 7.05 Å². The molecule has 2 aromatic carbocycles. The van der Waals surface area contributed by atoms with Gasteiger partial charge in [0.25, 0.3) is 0 Å². The van der Waals surface area contributed by atoms with Gasteiger partial charge in [0.15, 0.2) is 11.9 Å². The monoisotopic (exact) mass is 359 g/mol. The van der Waals surface area contributed by atoms with E-state index in [0.717, 1.165) is 38.8 Å². The first-order chi connectivity index (χ1) is 12.9. The fraction of sp³-hybridized carbons (Fsp3) is 0.217. The van der Waals surface area contributed by atoms with Crippen LogP contribution in [0, 0.1) is 19.3 Å². The van der Waals surface area contributed by atoms with Crippen molar-refractivity contribution in [3.8, 4) is 11.3 Å². The summed E-state index contributed by atoms with van der Waals surface area (Å²) in [6, 6.07) is 11.0. The van der Waals surface area contributed by atoms with E-state index in [1.54, 1.807) is 12.1 Å². The van der Waals surface area contributed by atoms with E-state index in [1.807, 2.05) is 62.8 Å². The van der Waals surface area contributed by atoms with Crippen LogP contribution in [0.5, 0.6) is 0 Å². The summed E-state index contributed by atoms with van der Waals surface area (Å²) in [5, 5.41) is 1.84. The molecule has 2 aromatic heterocycles. The summed E-state index contributed by atoms with van der Waals surface area (Å²) in [6.07, 6.45) is 1.85. The first-order valence-corrected chi connectivity index (χ1v) is 8.93. The molecule has 0 bridgehead atoms. The zero-order chi connectivity index (χ0) is 19.3. The van der Waals surface area contributed by atoms with Gasteiger partial charge in [0.05, 0.1) is 17.7 Å². The lowest BCUT2D eigenvalue weighted by Gasteiger charge is -2.09. The van der Waals surface area contributed by atoms with Gasteiger partial charge in [0.1, 0.15) is 24.0 Å². The minimum atomic E-state index is -0.207. The second kappa shape index (κ2) is 6.21. The van der Waals surface area contributed by atoms with Gasteiger partial charge in [0.2, 0.25) is 5.69 Å². The van der Waals surface area contributed by atoms with E-state index in [2.05, 4.69) is 4.85 Å². The van der Waals surface area contributed by atoms with Gasteiger partial charge in [-0.25, -0.2) is 13.8 Å². The van der Waals surface area contributed by atoms with Crippen molar-refractivity contribution in [3.63, 3.8) is 0 Å². The Balaban J connectivity index is 2.07. The highest BCUT2D eigenvalue weighted by molar-refractivity contribution is 6.10. The SMILES string of the molecule is [C-]#[N+]c1ccc2oc3c(-c4cc(F)c(C(C)C)c[n+]4C)c(C)ccc3c2c1. The van der Waals surface area contributed by atoms with E-state index in [1.165, 1.54) is 0 Å². The lowest BCUT2D eigenvalue weighted by Crippen LogP contribution is -2.32. The van der Waals surface area contributed by atoms with E-state index in [4.69, 9.17) is 11.0 Å². The molecule has 0 aliphatic heterocycles. The maximum Gasteiger partial charge on any atom is 0.219 e. The predicted molar refractivity (Wildman–Crippen MR) is 105 cm³/mol. The fourth-order valence-electron chi connectivity index (χ4n) is 3.63. The van der Waals surface area contributed by atoms with E-state index >= 15 is 0 Å². The Morgan fingerprint density at radius 3 is 2.59 bits per heavy atom. The highest BCUT2D eigenvalue weighted by Crippen LogP contribution is 2.38. The highest BCUT2D eigenvalue weighted by atomic mass is 19.1. The fourth-order valence-corrected chi connectivity index (χ4v) is 3.63. The van der Waals surface area contributed by atoms with Crippen molar-refractivity contribution in [1.29, 1.82) is 0 Å². The molecule has 0 saturated carbocycles. The molecule has 134 valence electrons. The van der Waals surface area contributed by atoms with Gasteiger partial charge in [-0.2, -0.15) is 0 Å². The molecular formula is C23H20FN2O+. The zero-order valence-electron chi connectivity index (χ0n) is 15.8. The molecule has 0 atom stereocenters. The summed E-state index contributed by atoms with van der Waals surface area (Å²) in [7, 11) is 1.93. The molecule has 4 aromatic rings. The standard InChI is InChI=1S/C23H20FN2O/c1-13(2)18-12-26(5)20(11-19(18)24)22-14(3)6-8-16-17-10-15(25-4)7-9-21(17)27-23(16)22/h6-13H,1-3,5H3/q+1. The smallest absolute Gasteiger partial charge is 0.219 e. The van der Waals surface area contributed by atoms with Gasteiger partial charge in [-0.3, -0.25) is 0 Å². The molecule has 0 amide bonds. The zero-order valence-corrected chi connectivity index (χ0v) is 15.8. The maximum absolute atomic E-state index is 14.7. The number of hydrogen-bond donors (Lipinski definition) is 0. The van der Waals surface area contributed by atoms with Crippen molar-refractivity contribution in [2.24, 2.45) is 7.05 Å². The Morgan fingerprint density at radius 1 is 1.11 bits per heavy atom. The van der Waals surface area contributed by atoms with Gasteiger partial charge in [-0.15, -0.1) is 0 Å². The Hall–Kier alpha value is -3.19. The molecule has 0 saturated heterocycles. The lowest BCUT2D eigenvalue weighted by atomic mass is 9.98. The number of benzene rings is 2. The van der Waals surface area contributed by atoms with Crippen LogP contribution in [0.15, 0.2) is 47.0 Å². The molecule has 4 heteroatoms. The number of fused-ring (bicyclic) bond motifs is 3. The average Bonchev–Trinajstić information content (AvgIpc) is 3.00. The molecule has 3 nitrogen and oxygen atoms in total. The third kappa shape index (κ3) is 2.67. The van der Waals surface area contributed by atoms with Gasteiger partial charge in [-0.05, 0) is 30.5 Å². The largest absolute Gasteiger partial charge is 0.455 e. The highest BCUT2D eigenvalue weighted by Gasteiger charge is 2.23. The third-order valence-electron chi connectivity index (χ3n) is 5.09. The van der Waals surface area contributed by atoms with Crippen molar-refractivity contribution >= 4 is 27.6 Å². The summed E-state index contributed by atoms with van der Waals surface area (Å²) in [5.41, 5.74) is 5.38. The Bertz CT molecular complexity index is 1250. The van der Waals surface area contributed by atoms with Crippen molar-refractivity contribution in [3.05, 3.63) is 71.0 Å². The topological polar surface area (TPSA) is 21.4 Å². The Labute approximate surface area is 157 Å². The third-order valence-corrected chi connectivity index (χ3v) is 5.09. The summed E-state index contributed by atoms with van der Waals surface area (Å²) in [6.45, 7) is 13.2. The quantitative estimate of drug-likeness (QED) is 0.308. The van der Waals surface area contributed by atoms with Crippen molar-refractivity contribution in [2.75, 3.05) is 0 Å². The molecule has 27 heavy (non-hydrogen) atoms. The van der Waals surface area contributed by atoms with Crippen LogP contribution in [0.2, 0.25) is 0 Å². The van der Waals surface area contributed by atoms with E-state index in [9.17, 15) is 4.39 Å². The van der Waals surface area contributed by atoms with Crippen molar-refractivity contribution in [1.82, 2.24) is 0 Å². The van der Waals surface area contributed by atoms with Crippen molar-refractivity contribution < 1.29 is 13.4 Å². The summed E-state index contributed by atoms with van der Waals surface area (Å²) >= 11 is 0. The number of pyridine rings is 1. The first-order valence-electron chi connectivity index (χ1n) is 8.93. The maximum atomic E-state index is 14.7. The first kappa shape index (κ1) is 17.2. The van der Waals surface area contributed by atoms with Crippen LogP contribution < -0.4 is 4.57 Å². The second-order valence-corrected chi connectivity index (χ2v) is 7.26. The molecule has 0 unspecified atom stereocenters. The number of hydrogen-bond acceptors (Lipinski definition) is 1. The lowest BCUT2D eigenvalue weighted by molar-refractivity contribution is -0.661. The van der Waals surface area contributed by atoms with Crippen LogP contribution >= 0.6 is 0 Å².